The number of amides is 1. The molecule has 0 unspecified atom stereocenters. The first-order valence-corrected chi connectivity index (χ1v) is 2.80. The number of nitrogens with zero attached hydrogens (tertiary/aromatic N) is 1. The molecular weight excluding hydrogens is 112 g/mol. The summed E-state index contributed by atoms with van der Waals surface area (Å²) in [5.41, 5.74) is 0. The van der Waals surface area contributed by atoms with E-state index in [1.807, 2.05) is 0 Å². The Hall–Kier alpha value is -0.510. The van der Waals surface area contributed by atoms with Crippen molar-refractivity contribution in [1.29, 1.82) is 0 Å². The molecule has 38 valence electrons. The number of hydrogen-bond donors (Lipinski definition) is 1. The van der Waals surface area contributed by atoms with Gasteiger partial charge in [0.25, 0.3) is 5.24 Å². The molecule has 0 saturated heterocycles. The molecule has 0 aromatic carbocycles. The molecule has 1 aliphatic heterocycles. The Bertz CT molecular complexity index is 112. The summed E-state index contributed by atoms with van der Waals surface area (Å²) < 4.78 is 0. The molecule has 0 spiro atoms. The van der Waals surface area contributed by atoms with Crippen LogP contribution in [0.15, 0.2) is 4.99 Å². The maximum atomic E-state index is 10.2. The van der Waals surface area contributed by atoms with Gasteiger partial charge in [0.05, 0.1) is 12.2 Å². The van der Waals surface area contributed by atoms with Gasteiger partial charge in [0.2, 0.25) is 0 Å². The number of rotatable bonds is 0. The van der Waals surface area contributed by atoms with E-state index in [-0.39, 0.29) is 5.24 Å². The van der Waals surface area contributed by atoms with Gasteiger partial charge in [0, 0.05) is 0 Å². The third-order valence-corrected chi connectivity index (χ3v) is 1.20. The minimum atomic E-state index is -0.0185. The molecule has 0 radical (unpaired) electrons. The zero-order valence-corrected chi connectivity index (χ0v) is 4.36. The van der Waals surface area contributed by atoms with Gasteiger partial charge < -0.3 is 5.32 Å². The lowest BCUT2D eigenvalue weighted by Gasteiger charge is -1.99. The smallest absolute Gasteiger partial charge is 0.285 e. The molecule has 7 heavy (non-hydrogen) atoms. The van der Waals surface area contributed by atoms with Crippen LogP contribution in [0.4, 0.5) is 4.79 Å². The molecule has 0 atom stereocenters. The van der Waals surface area contributed by atoms with Crippen LogP contribution in [0.1, 0.15) is 0 Å². The van der Waals surface area contributed by atoms with Crippen LogP contribution in [-0.4, -0.2) is 17.5 Å². The van der Waals surface area contributed by atoms with E-state index in [9.17, 15) is 4.79 Å². The van der Waals surface area contributed by atoms with Gasteiger partial charge in [-0.3, -0.25) is 9.79 Å². The third-order valence-electron chi connectivity index (χ3n) is 0.544. The van der Waals surface area contributed by atoms with Gasteiger partial charge in [-0.25, -0.2) is 0 Å². The summed E-state index contributed by atoms with van der Waals surface area (Å²) in [7, 11) is 0. The highest BCUT2D eigenvalue weighted by atomic mass is 32.2. The van der Waals surface area contributed by atoms with Crippen molar-refractivity contribution < 1.29 is 4.79 Å². The van der Waals surface area contributed by atoms with Crippen LogP contribution in [-0.2, 0) is 0 Å². The predicted octanol–water partition coefficient (Wildman–Crippen LogP) is 0.429. The van der Waals surface area contributed by atoms with E-state index in [1.54, 1.807) is 0 Å². The highest BCUT2D eigenvalue weighted by Gasteiger charge is 2.00. The molecule has 1 aliphatic rings. The summed E-state index contributed by atoms with van der Waals surface area (Å²) in [5, 5.41) is 2.40. The van der Waals surface area contributed by atoms with Crippen molar-refractivity contribution in [3.63, 3.8) is 0 Å². The molecule has 1 N–H and O–H groups in total. The minimum Gasteiger partial charge on any atom is -0.308 e. The van der Waals surface area contributed by atoms with E-state index >= 15 is 0 Å². The van der Waals surface area contributed by atoms with Gasteiger partial charge in [0.1, 0.15) is 0 Å². The first kappa shape index (κ1) is 4.64. The summed E-state index contributed by atoms with van der Waals surface area (Å²) in [6.45, 7) is 0. The molecule has 1 heterocycles. The van der Waals surface area contributed by atoms with Crippen molar-refractivity contribution in [3.05, 3.63) is 0 Å². The van der Waals surface area contributed by atoms with Crippen molar-refractivity contribution in [3.8, 4) is 0 Å². The van der Waals surface area contributed by atoms with Crippen LogP contribution in [0, 0.1) is 0 Å². The lowest BCUT2D eigenvalue weighted by atomic mass is 11.1. The molecule has 1 amide bonds. The van der Waals surface area contributed by atoms with E-state index in [1.165, 1.54) is 18.1 Å². The summed E-state index contributed by atoms with van der Waals surface area (Å²) in [6.07, 6.45) is 1.42. The normalized spacial score (nSPS) is 19.1. The first-order valence-electron chi connectivity index (χ1n) is 1.81. The van der Waals surface area contributed by atoms with Gasteiger partial charge in [0.15, 0.2) is 0 Å². The van der Waals surface area contributed by atoms with Crippen molar-refractivity contribution in [2.24, 2.45) is 4.99 Å². The minimum absolute atomic E-state index is 0.0185. The van der Waals surface area contributed by atoms with Gasteiger partial charge in [-0.1, -0.05) is 0 Å². The SMILES string of the molecule is O=C1NC=NCS1. The topological polar surface area (TPSA) is 41.5 Å². The molecule has 0 aliphatic carbocycles. The van der Waals surface area contributed by atoms with Crippen molar-refractivity contribution in [2.45, 2.75) is 0 Å². The second-order valence-corrected chi connectivity index (χ2v) is 1.93. The fourth-order valence-corrected chi connectivity index (χ4v) is 0.676. The lowest BCUT2D eigenvalue weighted by molar-refractivity contribution is 0.264. The van der Waals surface area contributed by atoms with E-state index < -0.39 is 0 Å². The zero-order chi connectivity index (χ0) is 5.11. The average Bonchev–Trinajstić information content (AvgIpc) is 1.69. The van der Waals surface area contributed by atoms with Crippen molar-refractivity contribution in [1.82, 2.24) is 5.32 Å². The van der Waals surface area contributed by atoms with Gasteiger partial charge in [-0.05, 0) is 11.8 Å². The number of thioether (sulfide) groups is 1. The van der Waals surface area contributed by atoms with E-state index in [0.717, 1.165) is 0 Å². The molecule has 0 saturated carbocycles. The quantitative estimate of drug-likeness (QED) is 0.498. The Balaban J connectivity index is 2.47. The fraction of sp³-hybridized carbons (Fsp3) is 0.333. The fourth-order valence-electron chi connectivity index (χ4n) is 0.273. The third kappa shape index (κ3) is 1.19. The van der Waals surface area contributed by atoms with Crippen LogP contribution < -0.4 is 5.32 Å². The van der Waals surface area contributed by atoms with Crippen LogP contribution in [0.5, 0.6) is 0 Å². The maximum Gasteiger partial charge on any atom is 0.285 e. The molecule has 3 nitrogen and oxygen atoms in total. The Morgan fingerprint density at radius 1 is 2.00 bits per heavy atom. The lowest BCUT2D eigenvalue weighted by Crippen LogP contribution is -2.19. The van der Waals surface area contributed by atoms with Crippen molar-refractivity contribution >= 4 is 23.3 Å². The monoisotopic (exact) mass is 116 g/mol. The number of hydrogen-bond acceptors (Lipinski definition) is 3. The van der Waals surface area contributed by atoms with Gasteiger partial charge >= 0.3 is 0 Å². The van der Waals surface area contributed by atoms with Gasteiger partial charge in [-0.2, -0.15) is 0 Å². The van der Waals surface area contributed by atoms with E-state index in [0.29, 0.717) is 5.88 Å². The average molecular weight is 116 g/mol. The number of carbonyl (C=O) groups excluding carboxylic acids is 1. The Morgan fingerprint density at radius 2 is 2.86 bits per heavy atom. The highest BCUT2D eigenvalue weighted by molar-refractivity contribution is 8.13. The summed E-state index contributed by atoms with van der Waals surface area (Å²) in [5.74, 6) is 0.561. The predicted molar refractivity (Wildman–Crippen MR) is 29.5 cm³/mol. The zero-order valence-electron chi connectivity index (χ0n) is 3.55. The molecule has 4 heteroatoms. The maximum absolute atomic E-state index is 10.2. The number of carbonyl (C=O) groups is 1. The Morgan fingerprint density at radius 3 is 3.14 bits per heavy atom. The Labute approximate surface area is 45.2 Å². The first-order chi connectivity index (χ1) is 3.39. The van der Waals surface area contributed by atoms with Crippen LogP contribution in [0.25, 0.3) is 0 Å². The summed E-state index contributed by atoms with van der Waals surface area (Å²) >= 11 is 1.17. The van der Waals surface area contributed by atoms with Gasteiger partial charge in [-0.15, -0.1) is 0 Å². The molecule has 0 aromatic heterocycles. The molecule has 0 fully saturated rings. The standard InChI is InChI=1S/C3H4N2OS/c6-3-5-1-4-2-7-3/h1H,2H2,(H,4,5,6). The number of nitrogens with one attached hydrogen (secondary N) is 1. The van der Waals surface area contributed by atoms with Crippen molar-refractivity contribution in [2.75, 3.05) is 5.88 Å². The van der Waals surface area contributed by atoms with Crippen LogP contribution >= 0.6 is 11.8 Å². The molecular formula is C3H4N2OS. The number of aliphatic imine (C=N–C) groups is 1. The summed E-state index contributed by atoms with van der Waals surface area (Å²) in [4.78, 5) is 14.0. The second kappa shape index (κ2) is 1.97. The summed E-state index contributed by atoms with van der Waals surface area (Å²) in [6, 6.07) is 0. The Kier molecular flexibility index (Phi) is 1.31. The van der Waals surface area contributed by atoms with Crippen LogP contribution in [0.2, 0.25) is 0 Å². The molecule has 0 aromatic rings. The highest BCUT2D eigenvalue weighted by Crippen LogP contribution is 2.02. The van der Waals surface area contributed by atoms with Crippen LogP contribution in [0.3, 0.4) is 0 Å². The molecule has 0 bridgehead atoms. The second-order valence-electron chi connectivity index (χ2n) is 1.02. The van der Waals surface area contributed by atoms with E-state index in [4.69, 9.17) is 0 Å². The van der Waals surface area contributed by atoms with E-state index in [2.05, 4.69) is 10.3 Å². The molecule has 1 rings (SSSR count). The largest absolute Gasteiger partial charge is 0.308 e.